The molecule has 0 atom stereocenters. The number of hydrogen-bond donors (Lipinski definition) is 1. The molecule has 5 nitrogen and oxygen atoms in total. The number of anilines is 1. The van der Waals surface area contributed by atoms with Crippen LogP contribution >= 0.6 is 0 Å². The van der Waals surface area contributed by atoms with E-state index >= 15 is 0 Å². The first-order valence-electron chi connectivity index (χ1n) is 6.77. The van der Waals surface area contributed by atoms with Gasteiger partial charge in [0.2, 0.25) is 0 Å². The Balaban J connectivity index is 1.69. The molecule has 0 aromatic carbocycles. The van der Waals surface area contributed by atoms with Crippen LogP contribution in [0.2, 0.25) is 0 Å². The van der Waals surface area contributed by atoms with E-state index in [4.69, 9.17) is 14.9 Å². The predicted octanol–water partition coefficient (Wildman–Crippen LogP) is 1.77. The quantitative estimate of drug-likeness (QED) is 0.908. The highest BCUT2D eigenvalue weighted by Gasteiger charge is 2.22. The first-order valence-corrected chi connectivity index (χ1v) is 6.77. The van der Waals surface area contributed by atoms with Gasteiger partial charge >= 0.3 is 0 Å². The van der Waals surface area contributed by atoms with E-state index in [2.05, 4.69) is 9.88 Å². The standard InChI is InChI=1S/C14H19N3O2/c15-5-10-18-11-2-7-17(8-3-11)14-12-4-9-19-13(12)1-6-16-14/h1,4,6,9,11H,2-3,5,7-8,10,15H2. The van der Waals surface area contributed by atoms with E-state index in [9.17, 15) is 0 Å². The number of pyridine rings is 1. The molecule has 0 aliphatic carbocycles. The van der Waals surface area contributed by atoms with Gasteiger partial charge in [-0.25, -0.2) is 4.98 Å². The summed E-state index contributed by atoms with van der Waals surface area (Å²) in [6.07, 6.45) is 5.90. The molecular weight excluding hydrogens is 242 g/mol. The smallest absolute Gasteiger partial charge is 0.139 e. The number of nitrogens with two attached hydrogens (primary N) is 1. The number of nitrogens with zero attached hydrogens (tertiary/aromatic N) is 2. The molecule has 1 aliphatic rings. The van der Waals surface area contributed by atoms with E-state index in [1.807, 2.05) is 12.1 Å². The monoisotopic (exact) mass is 261 g/mol. The average molecular weight is 261 g/mol. The molecule has 2 aromatic heterocycles. The summed E-state index contributed by atoms with van der Waals surface area (Å²) in [7, 11) is 0. The summed E-state index contributed by atoms with van der Waals surface area (Å²) in [4.78, 5) is 6.80. The third-order valence-corrected chi connectivity index (χ3v) is 3.57. The summed E-state index contributed by atoms with van der Waals surface area (Å²) in [6, 6.07) is 3.88. The Morgan fingerprint density at radius 3 is 3.00 bits per heavy atom. The maximum atomic E-state index is 5.70. The van der Waals surface area contributed by atoms with Gasteiger partial charge in [0, 0.05) is 25.8 Å². The lowest BCUT2D eigenvalue weighted by Gasteiger charge is -2.32. The highest BCUT2D eigenvalue weighted by atomic mass is 16.5. The van der Waals surface area contributed by atoms with Gasteiger partial charge in [-0.05, 0) is 25.0 Å². The van der Waals surface area contributed by atoms with Crippen molar-refractivity contribution in [3.8, 4) is 0 Å². The molecule has 1 saturated heterocycles. The van der Waals surface area contributed by atoms with Gasteiger partial charge in [0.15, 0.2) is 0 Å². The van der Waals surface area contributed by atoms with Gasteiger partial charge in [-0.1, -0.05) is 0 Å². The van der Waals surface area contributed by atoms with Crippen LogP contribution in [0.5, 0.6) is 0 Å². The lowest BCUT2D eigenvalue weighted by atomic mass is 10.1. The number of fused-ring (bicyclic) bond motifs is 1. The molecule has 5 heteroatoms. The topological polar surface area (TPSA) is 64.5 Å². The molecule has 2 aromatic rings. The van der Waals surface area contributed by atoms with Crippen LogP contribution in [0.15, 0.2) is 29.0 Å². The second kappa shape index (κ2) is 5.59. The first-order chi connectivity index (χ1) is 9.38. The molecule has 0 saturated carbocycles. The van der Waals surface area contributed by atoms with Crippen LogP contribution in [0.25, 0.3) is 11.0 Å². The van der Waals surface area contributed by atoms with Crippen molar-refractivity contribution in [1.29, 1.82) is 0 Å². The Hall–Kier alpha value is -1.59. The van der Waals surface area contributed by atoms with Gasteiger partial charge in [0.1, 0.15) is 11.4 Å². The molecule has 0 spiro atoms. The summed E-state index contributed by atoms with van der Waals surface area (Å²) in [5.41, 5.74) is 6.35. The lowest BCUT2D eigenvalue weighted by molar-refractivity contribution is 0.0421. The Morgan fingerprint density at radius 1 is 1.37 bits per heavy atom. The number of furan rings is 1. The zero-order chi connectivity index (χ0) is 13.1. The largest absolute Gasteiger partial charge is 0.464 e. The molecule has 3 heterocycles. The second-order valence-corrected chi connectivity index (χ2v) is 4.81. The molecule has 102 valence electrons. The lowest BCUT2D eigenvalue weighted by Crippen LogP contribution is -2.38. The summed E-state index contributed by atoms with van der Waals surface area (Å²) in [5, 5.41) is 1.09. The number of piperidine rings is 1. The van der Waals surface area contributed by atoms with E-state index in [-0.39, 0.29) is 0 Å². The van der Waals surface area contributed by atoms with Gasteiger partial charge in [0.05, 0.1) is 24.4 Å². The van der Waals surface area contributed by atoms with Crippen LogP contribution in [-0.4, -0.2) is 37.3 Å². The molecular formula is C14H19N3O2. The van der Waals surface area contributed by atoms with Crippen molar-refractivity contribution in [2.24, 2.45) is 5.73 Å². The highest BCUT2D eigenvalue weighted by molar-refractivity contribution is 5.88. The van der Waals surface area contributed by atoms with Crippen LogP contribution in [-0.2, 0) is 4.74 Å². The minimum absolute atomic E-state index is 0.336. The van der Waals surface area contributed by atoms with Crippen molar-refractivity contribution >= 4 is 16.8 Å². The maximum absolute atomic E-state index is 5.70. The van der Waals surface area contributed by atoms with E-state index in [1.54, 1.807) is 12.5 Å². The molecule has 0 bridgehead atoms. The Labute approximate surface area is 112 Å². The van der Waals surface area contributed by atoms with Crippen LogP contribution in [0, 0.1) is 0 Å². The van der Waals surface area contributed by atoms with Crippen molar-refractivity contribution in [3.05, 3.63) is 24.6 Å². The van der Waals surface area contributed by atoms with Gasteiger partial charge in [-0.15, -0.1) is 0 Å². The van der Waals surface area contributed by atoms with Gasteiger partial charge in [-0.3, -0.25) is 0 Å². The summed E-state index contributed by atoms with van der Waals surface area (Å²) < 4.78 is 11.1. The van der Waals surface area contributed by atoms with E-state index < -0.39 is 0 Å². The summed E-state index contributed by atoms with van der Waals surface area (Å²) in [6.45, 7) is 3.18. The zero-order valence-corrected chi connectivity index (χ0v) is 10.9. The number of rotatable bonds is 4. The van der Waals surface area contributed by atoms with Gasteiger partial charge in [0.25, 0.3) is 0 Å². The number of hydrogen-bond acceptors (Lipinski definition) is 5. The molecule has 0 radical (unpaired) electrons. The van der Waals surface area contributed by atoms with E-state index in [1.165, 1.54) is 0 Å². The van der Waals surface area contributed by atoms with Crippen molar-refractivity contribution in [3.63, 3.8) is 0 Å². The zero-order valence-electron chi connectivity index (χ0n) is 10.9. The third kappa shape index (κ3) is 2.57. The summed E-state index contributed by atoms with van der Waals surface area (Å²) in [5.74, 6) is 1.02. The van der Waals surface area contributed by atoms with Crippen LogP contribution in [0.1, 0.15) is 12.8 Å². The fraction of sp³-hybridized carbons (Fsp3) is 0.500. The molecule has 19 heavy (non-hydrogen) atoms. The second-order valence-electron chi connectivity index (χ2n) is 4.81. The minimum Gasteiger partial charge on any atom is -0.464 e. The average Bonchev–Trinajstić information content (AvgIpc) is 2.94. The molecule has 3 rings (SSSR count). The van der Waals surface area contributed by atoms with Gasteiger partial charge in [-0.2, -0.15) is 0 Å². The van der Waals surface area contributed by atoms with E-state index in [0.717, 1.165) is 42.7 Å². The maximum Gasteiger partial charge on any atom is 0.139 e. The summed E-state index contributed by atoms with van der Waals surface area (Å²) >= 11 is 0. The molecule has 1 fully saturated rings. The van der Waals surface area contributed by atoms with Crippen molar-refractivity contribution in [2.75, 3.05) is 31.1 Å². The van der Waals surface area contributed by atoms with Crippen LogP contribution in [0.3, 0.4) is 0 Å². The molecule has 0 amide bonds. The fourth-order valence-electron chi connectivity index (χ4n) is 2.60. The predicted molar refractivity (Wildman–Crippen MR) is 74.3 cm³/mol. The fourth-order valence-corrected chi connectivity index (χ4v) is 2.60. The van der Waals surface area contributed by atoms with Crippen LogP contribution in [0.4, 0.5) is 5.82 Å². The van der Waals surface area contributed by atoms with Crippen molar-refractivity contribution in [2.45, 2.75) is 18.9 Å². The van der Waals surface area contributed by atoms with Crippen molar-refractivity contribution in [1.82, 2.24) is 4.98 Å². The first kappa shape index (κ1) is 12.4. The van der Waals surface area contributed by atoms with Crippen molar-refractivity contribution < 1.29 is 9.15 Å². The molecule has 2 N–H and O–H groups in total. The molecule has 1 aliphatic heterocycles. The Morgan fingerprint density at radius 2 is 2.21 bits per heavy atom. The van der Waals surface area contributed by atoms with Crippen LogP contribution < -0.4 is 10.6 Å². The number of ether oxygens (including phenoxy) is 1. The van der Waals surface area contributed by atoms with Gasteiger partial charge < -0.3 is 19.8 Å². The van der Waals surface area contributed by atoms with E-state index in [0.29, 0.717) is 19.3 Å². The molecule has 0 unspecified atom stereocenters. The Kier molecular flexibility index (Phi) is 3.66. The minimum atomic E-state index is 0.336. The SMILES string of the molecule is NCCOC1CCN(c2nccc3occc23)CC1. The third-order valence-electron chi connectivity index (χ3n) is 3.57. The Bertz CT molecular complexity index is 532. The number of aromatic nitrogens is 1. The normalized spacial score (nSPS) is 17.2. The highest BCUT2D eigenvalue weighted by Crippen LogP contribution is 2.27.